The third-order valence-electron chi connectivity index (χ3n) is 9.50. The largest absolute Gasteiger partial charge is 0.509 e. The molecule has 1 spiro atoms. The van der Waals surface area contributed by atoms with Gasteiger partial charge in [-0.25, -0.2) is 19.4 Å². The zero-order chi connectivity index (χ0) is 41.0. The number of hydrogen-bond donors (Lipinski definition) is 4. The Balaban J connectivity index is 1.41. The SMILES string of the molecule is CN1N(Cc2ccc(OCCCCOC[C@H](O)CO)c(F)c2F)C(=O)C(C(=O)Nc2ccc(C(F)(F)F)cc2-c2cc(C(F)(F)F)ncn2)=C(O)C12CCCC2. The second-order valence-electron chi connectivity index (χ2n) is 13.2. The van der Waals surface area contributed by atoms with E-state index in [0.717, 1.165) is 17.1 Å². The van der Waals surface area contributed by atoms with Crippen LogP contribution in [0.4, 0.5) is 40.8 Å². The summed E-state index contributed by atoms with van der Waals surface area (Å²) in [6.07, 6.45) is -8.22. The number of benzene rings is 2. The molecule has 1 fully saturated rings. The first kappa shape index (κ1) is 42.2. The molecule has 1 saturated carbocycles. The molecule has 2 amide bonds. The number of anilines is 1. The van der Waals surface area contributed by atoms with Gasteiger partial charge in [-0.2, -0.15) is 30.7 Å². The highest BCUT2D eigenvalue weighted by Crippen LogP contribution is 2.45. The Labute approximate surface area is 314 Å². The van der Waals surface area contributed by atoms with Crippen LogP contribution in [0, 0.1) is 11.6 Å². The number of carbonyl (C=O) groups is 2. The van der Waals surface area contributed by atoms with Gasteiger partial charge in [0.15, 0.2) is 11.6 Å². The van der Waals surface area contributed by atoms with Gasteiger partial charge in [-0.1, -0.05) is 18.9 Å². The second-order valence-corrected chi connectivity index (χ2v) is 13.2. The van der Waals surface area contributed by atoms with Gasteiger partial charge in [-0.05, 0) is 56.0 Å². The van der Waals surface area contributed by atoms with Crippen LogP contribution in [0.3, 0.4) is 0 Å². The molecule has 2 heterocycles. The van der Waals surface area contributed by atoms with Crippen molar-refractivity contribution < 1.29 is 69.5 Å². The van der Waals surface area contributed by atoms with E-state index in [1.165, 1.54) is 18.1 Å². The van der Waals surface area contributed by atoms with Gasteiger partial charge >= 0.3 is 12.4 Å². The Kier molecular flexibility index (Phi) is 12.9. The highest BCUT2D eigenvalue weighted by molar-refractivity contribution is 6.24. The van der Waals surface area contributed by atoms with E-state index in [0.29, 0.717) is 50.2 Å². The summed E-state index contributed by atoms with van der Waals surface area (Å²) in [5.74, 6) is -6.37. The normalized spacial score (nSPS) is 16.8. The van der Waals surface area contributed by atoms with E-state index >= 15 is 8.78 Å². The Bertz CT molecular complexity index is 1950. The molecule has 0 radical (unpaired) electrons. The van der Waals surface area contributed by atoms with Gasteiger partial charge in [-0.15, -0.1) is 0 Å². The topological polar surface area (TPSA) is 158 Å². The Morgan fingerprint density at radius 1 is 0.982 bits per heavy atom. The van der Waals surface area contributed by atoms with Gasteiger partial charge in [0.1, 0.15) is 29.5 Å². The summed E-state index contributed by atoms with van der Waals surface area (Å²) in [6.45, 7) is -0.985. The number of hydrazine groups is 1. The molecule has 1 aliphatic heterocycles. The molecule has 5 rings (SSSR count). The minimum atomic E-state index is -5.00. The van der Waals surface area contributed by atoms with Gasteiger partial charge in [0.05, 0.1) is 48.8 Å². The van der Waals surface area contributed by atoms with Crippen molar-refractivity contribution in [1.82, 2.24) is 20.0 Å². The molecular formula is C36H37F8N5O7. The number of nitrogens with zero attached hydrogens (tertiary/aromatic N) is 4. The van der Waals surface area contributed by atoms with E-state index in [-0.39, 0.29) is 38.2 Å². The Morgan fingerprint density at radius 3 is 2.34 bits per heavy atom. The average molecular weight is 804 g/mol. The fourth-order valence-corrected chi connectivity index (χ4v) is 6.50. The number of unbranched alkanes of at least 4 members (excludes halogenated alkanes) is 1. The first-order valence-corrected chi connectivity index (χ1v) is 17.3. The van der Waals surface area contributed by atoms with Crippen molar-refractivity contribution in [1.29, 1.82) is 0 Å². The molecule has 304 valence electrons. The Hall–Kier alpha value is -4.92. The predicted octanol–water partition coefficient (Wildman–Crippen LogP) is 5.94. The van der Waals surface area contributed by atoms with E-state index in [9.17, 15) is 46.1 Å². The average Bonchev–Trinajstić information content (AvgIpc) is 3.65. The van der Waals surface area contributed by atoms with Gasteiger partial charge in [-0.3, -0.25) is 14.6 Å². The number of amides is 2. The van der Waals surface area contributed by atoms with Crippen molar-refractivity contribution in [3.8, 4) is 17.0 Å². The monoisotopic (exact) mass is 803 g/mol. The van der Waals surface area contributed by atoms with Crippen molar-refractivity contribution in [3.05, 3.63) is 82.5 Å². The fraction of sp³-hybridized carbons (Fsp3) is 0.444. The second kappa shape index (κ2) is 17.1. The van der Waals surface area contributed by atoms with Crippen molar-refractivity contribution in [2.75, 3.05) is 38.8 Å². The highest BCUT2D eigenvalue weighted by atomic mass is 19.4. The number of rotatable bonds is 14. The summed E-state index contributed by atoms with van der Waals surface area (Å²) in [7, 11) is 1.41. The van der Waals surface area contributed by atoms with Gasteiger partial charge in [0, 0.05) is 24.8 Å². The number of halogens is 8. The van der Waals surface area contributed by atoms with Crippen LogP contribution in [0.2, 0.25) is 0 Å². The molecule has 2 aromatic carbocycles. The molecule has 1 atom stereocenters. The molecule has 0 bridgehead atoms. The third kappa shape index (κ3) is 9.03. The zero-order valence-electron chi connectivity index (χ0n) is 29.7. The molecule has 0 saturated heterocycles. The molecule has 12 nitrogen and oxygen atoms in total. The number of alkyl halides is 6. The first-order chi connectivity index (χ1) is 26.4. The molecule has 20 heteroatoms. The minimum absolute atomic E-state index is 0.0264. The van der Waals surface area contributed by atoms with Crippen molar-refractivity contribution in [3.63, 3.8) is 0 Å². The van der Waals surface area contributed by atoms with Crippen LogP contribution < -0.4 is 10.1 Å². The van der Waals surface area contributed by atoms with Crippen LogP contribution in [0.25, 0.3) is 11.3 Å². The maximum Gasteiger partial charge on any atom is 0.433 e. The summed E-state index contributed by atoms with van der Waals surface area (Å²) in [4.78, 5) is 34.7. The summed E-state index contributed by atoms with van der Waals surface area (Å²) >= 11 is 0. The lowest BCUT2D eigenvalue weighted by Crippen LogP contribution is -2.62. The first-order valence-electron chi connectivity index (χ1n) is 17.3. The van der Waals surface area contributed by atoms with Gasteiger partial charge < -0.3 is 30.1 Å². The summed E-state index contributed by atoms with van der Waals surface area (Å²) < 4.78 is 123. The van der Waals surface area contributed by atoms with Gasteiger partial charge in [0.25, 0.3) is 11.8 Å². The van der Waals surface area contributed by atoms with Crippen LogP contribution in [0.15, 0.2) is 54.1 Å². The third-order valence-corrected chi connectivity index (χ3v) is 9.50. The molecule has 3 aromatic rings. The van der Waals surface area contributed by atoms with Crippen LogP contribution in [-0.2, 0) is 33.2 Å². The van der Waals surface area contributed by atoms with E-state index in [1.807, 2.05) is 0 Å². The quantitative estimate of drug-likeness (QED) is 0.0874. The van der Waals surface area contributed by atoms with Crippen molar-refractivity contribution in [2.24, 2.45) is 0 Å². The number of carbonyl (C=O) groups excluding carboxylic acids is 2. The molecule has 4 N–H and O–H groups in total. The number of ether oxygens (including phenoxy) is 2. The standard InChI is InChI=1S/C36H37F8N5O7/c1-48-34(10-2-3-11-34)31(52)28(32(53)47-24-8-7-21(35(39,40)41)14-23(24)25-15-27(36(42,43)44)46-19-45-25)33(54)49(48)16-20-6-9-26(30(38)29(20)37)56-13-5-4-12-55-18-22(51)17-50/h6-9,14-15,19,22,50-52H,2-5,10-13,16-18H2,1H3,(H,47,53)/t22-/m1/s1. The smallest absolute Gasteiger partial charge is 0.433 e. The maximum atomic E-state index is 15.5. The van der Waals surface area contributed by atoms with Crippen molar-refractivity contribution in [2.45, 2.75) is 69.1 Å². The number of likely N-dealkylation sites (N-methyl/N-ethyl adjacent to an activating group) is 1. The van der Waals surface area contributed by atoms with Crippen LogP contribution in [0.1, 0.15) is 55.3 Å². The van der Waals surface area contributed by atoms with E-state index in [2.05, 4.69) is 15.3 Å². The van der Waals surface area contributed by atoms with E-state index in [4.69, 9.17) is 14.6 Å². The lowest BCUT2D eigenvalue weighted by Gasteiger charge is -2.48. The summed E-state index contributed by atoms with van der Waals surface area (Å²) in [6, 6.07) is 4.45. The van der Waals surface area contributed by atoms with Crippen molar-refractivity contribution >= 4 is 17.5 Å². The predicted molar refractivity (Wildman–Crippen MR) is 180 cm³/mol. The molecule has 0 unspecified atom stereocenters. The molecule has 1 aromatic heterocycles. The van der Waals surface area contributed by atoms with Crippen LogP contribution in [0.5, 0.6) is 5.75 Å². The molecule has 56 heavy (non-hydrogen) atoms. The molecule has 2 aliphatic rings. The number of hydrogen-bond acceptors (Lipinski definition) is 10. The Morgan fingerprint density at radius 2 is 1.68 bits per heavy atom. The maximum absolute atomic E-state index is 15.5. The summed E-state index contributed by atoms with van der Waals surface area (Å²) in [5.41, 5.74) is -7.12. The minimum Gasteiger partial charge on any atom is -0.509 e. The number of aliphatic hydroxyl groups excluding tert-OH is 3. The molecular weight excluding hydrogens is 766 g/mol. The summed E-state index contributed by atoms with van der Waals surface area (Å²) in [5, 5.41) is 34.1. The molecule has 1 aliphatic carbocycles. The zero-order valence-corrected chi connectivity index (χ0v) is 29.7. The fourth-order valence-electron chi connectivity index (χ4n) is 6.50. The highest BCUT2D eigenvalue weighted by Gasteiger charge is 2.53. The lowest BCUT2D eigenvalue weighted by atomic mass is 9.88. The number of aromatic nitrogens is 2. The number of aliphatic hydroxyl groups is 3. The van der Waals surface area contributed by atoms with E-state index < -0.39 is 106 Å². The lowest BCUT2D eigenvalue weighted by molar-refractivity contribution is -0.163. The van der Waals surface area contributed by atoms with Crippen LogP contribution in [-0.4, -0.2) is 92.2 Å². The van der Waals surface area contributed by atoms with E-state index in [1.54, 1.807) is 0 Å². The van der Waals surface area contributed by atoms with Gasteiger partial charge in [0.2, 0.25) is 5.82 Å². The van der Waals surface area contributed by atoms with Crippen LogP contribution >= 0.6 is 0 Å². The number of nitrogens with one attached hydrogen (secondary N) is 1.